The number of esters is 1. The number of halogens is 3. The number of carbonyl (C=O) groups excluding carboxylic acids is 3. The summed E-state index contributed by atoms with van der Waals surface area (Å²) < 4.78 is 10.1. The average molecular weight is 424 g/mol. The smallest absolute Gasteiger partial charge is 0.344 e. The van der Waals surface area contributed by atoms with Gasteiger partial charge in [0.2, 0.25) is 5.91 Å². The van der Waals surface area contributed by atoms with Gasteiger partial charge in [-0.2, -0.15) is 0 Å². The molecule has 7 nitrogen and oxygen atoms in total. The van der Waals surface area contributed by atoms with Gasteiger partial charge >= 0.3 is 5.97 Å². The van der Waals surface area contributed by atoms with E-state index in [1.165, 1.54) is 17.0 Å². The fourth-order valence-electron chi connectivity index (χ4n) is 2.44. The van der Waals surface area contributed by atoms with E-state index in [1.807, 2.05) is 0 Å². The van der Waals surface area contributed by atoms with E-state index in [0.717, 1.165) is 0 Å². The first-order valence-electron chi connectivity index (χ1n) is 7.78. The zero-order chi connectivity index (χ0) is 19.3. The molecule has 10 heteroatoms. The molecule has 142 valence electrons. The van der Waals surface area contributed by atoms with Crippen molar-refractivity contribution >= 4 is 52.6 Å². The third-order valence-electron chi connectivity index (χ3n) is 3.93. The SMILES string of the molecule is NC(=O)C1CCN(C(=O)COC(=O)COc2cc(Cl)c(Cl)cc2Cl)CC1. The zero-order valence-electron chi connectivity index (χ0n) is 13.7. The van der Waals surface area contributed by atoms with Crippen molar-refractivity contribution in [3.63, 3.8) is 0 Å². The molecule has 2 rings (SSSR count). The Kier molecular flexibility index (Phi) is 7.37. The van der Waals surface area contributed by atoms with E-state index in [1.54, 1.807) is 0 Å². The minimum atomic E-state index is -0.729. The highest BCUT2D eigenvalue weighted by atomic mass is 35.5. The van der Waals surface area contributed by atoms with Gasteiger partial charge in [-0.1, -0.05) is 34.8 Å². The molecule has 1 fully saturated rings. The van der Waals surface area contributed by atoms with Crippen molar-refractivity contribution < 1.29 is 23.9 Å². The van der Waals surface area contributed by atoms with Gasteiger partial charge in [0.05, 0.1) is 15.1 Å². The molecule has 1 aromatic carbocycles. The fourth-order valence-corrected chi connectivity index (χ4v) is 3.03. The Morgan fingerprint density at radius 3 is 2.27 bits per heavy atom. The van der Waals surface area contributed by atoms with Crippen molar-refractivity contribution in [3.05, 3.63) is 27.2 Å². The molecule has 0 aliphatic carbocycles. The monoisotopic (exact) mass is 422 g/mol. The summed E-state index contributed by atoms with van der Waals surface area (Å²) in [6.07, 6.45) is 1.02. The molecule has 0 spiro atoms. The molecule has 1 heterocycles. The number of benzene rings is 1. The van der Waals surface area contributed by atoms with E-state index in [0.29, 0.717) is 25.9 Å². The Morgan fingerprint density at radius 2 is 1.65 bits per heavy atom. The molecule has 1 saturated heterocycles. The van der Waals surface area contributed by atoms with Crippen molar-refractivity contribution in [2.24, 2.45) is 11.7 Å². The van der Waals surface area contributed by atoms with Crippen LogP contribution in [-0.4, -0.2) is 49.0 Å². The number of likely N-dealkylation sites (tertiary alicyclic amines) is 1. The van der Waals surface area contributed by atoms with Gasteiger partial charge < -0.3 is 20.1 Å². The molecular formula is C16H17Cl3N2O5. The predicted molar refractivity (Wildman–Crippen MR) is 96.4 cm³/mol. The van der Waals surface area contributed by atoms with Gasteiger partial charge in [0.1, 0.15) is 5.75 Å². The average Bonchev–Trinajstić information content (AvgIpc) is 2.61. The lowest BCUT2D eigenvalue weighted by molar-refractivity contribution is -0.154. The third kappa shape index (κ3) is 5.65. The summed E-state index contributed by atoms with van der Waals surface area (Å²) in [5.74, 6) is -1.47. The first-order chi connectivity index (χ1) is 12.3. The summed E-state index contributed by atoms with van der Waals surface area (Å²) in [4.78, 5) is 36.4. The van der Waals surface area contributed by atoms with E-state index in [4.69, 9.17) is 50.0 Å². The van der Waals surface area contributed by atoms with Crippen molar-refractivity contribution in [1.82, 2.24) is 4.90 Å². The second-order valence-corrected chi connectivity index (χ2v) is 6.93. The van der Waals surface area contributed by atoms with Gasteiger partial charge in [0.15, 0.2) is 13.2 Å². The molecule has 0 saturated carbocycles. The molecule has 1 aromatic rings. The molecule has 26 heavy (non-hydrogen) atoms. The maximum atomic E-state index is 12.0. The normalized spacial score (nSPS) is 14.8. The van der Waals surface area contributed by atoms with Crippen LogP contribution in [-0.2, 0) is 19.1 Å². The van der Waals surface area contributed by atoms with Crippen LogP contribution >= 0.6 is 34.8 Å². The van der Waals surface area contributed by atoms with Gasteiger partial charge in [0.25, 0.3) is 5.91 Å². The van der Waals surface area contributed by atoms with Gasteiger partial charge in [-0.15, -0.1) is 0 Å². The second-order valence-electron chi connectivity index (χ2n) is 5.70. The highest BCUT2D eigenvalue weighted by molar-refractivity contribution is 6.43. The van der Waals surface area contributed by atoms with E-state index in [2.05, 4.69) is 0 Å². The molecule has 0 bridgehead atoms. The lowest BCUT2D eigenvalue weighted by Crippen LogP contribution is -2.43. The summed E-state index contributed by atoms with van der Waals surface area (Å²) in [5, 5.41) is 0.687. The van der Waals surface area contributed by atoms with Crippen LogP contribution < -0.4 is 10.5 Å². The van der Waals surface area contributed by atoms with Crippen molar-refractivity contribution in [3.8, 4) is 5.75 Å². The summed E-state index contributed by atoms with van der Waals surface area (Å²) >= 11 is 17.6. The van der Waals surface area contributed by atoms with Crippen LogP contribution in [0.4, 0.5) is 0 Å². The zero-order valence-corrected chi connectivity index (χ0v) is 15.9. The van der Waals surface area contributed by atoms with Crippen LogP contribution in [0.3, 0.4) is 0 Å². The van der Waals surface area contributed by atoms with Crippen LogP contribution in [0.2, 0.25) is 15.1 Å². The van der Waals surface area contributed by atoms with Gasteiger partial charge in [0, 0.05) is 25.1 Å². The van der Waals surface area contributed by atoms with Crippen LogP contribution in [0.25, 0.3) is 0 Å². The van der Waals surface area contributed by atoms with Gasteiger partial charge in [-0.3, -0.25) is 9.59 Å². The van der Waals surface area contributed by atoms with E-state index < -0.39 is 19.2 Å². The Morgan fingerprint density at radius 1 is 1.04 bits per heavy atom. The first-order valence-corrected chi connectivity index (χ1v) is 8.91. The van der Waals surface area contributed by atoms with E-state index >= 15 is 0 Å². The van der Waals surface area contributed by atoms with Crippen LogP contribution in [0, 0.1) is 5.92 Å². The number of carbonyl (C=O) groups is 3. The summed E-state index contributed by atoms with van der Waals surface area (Å²) in [5.41, 5.74) is 5.25. The van der Waals surface area contributed by atoms with E-state index in [-0.39, 0.29) is 38.5 Å². The number of piperidine rings is 1. The lowest BCUT2D eigenvalue weighted by Gasteiger charge is -2.30. The summed E-state index contributed by atoms with van der Waals surface area (Å²) in [7, 11) is 0. The van der Waals surface area contributed by atoms with E-state index in [9.17, 15) is 14.4 Å². The molecule has 2 N–H and O–H groups in total. The minimum Gasteiger partial charge on any atom is -0.480 e. The number of rotatable bonds is 6. The maximum Gasteiger partial charge on any atom is 0.344 e. The largest absolute Gasteiger partial charge is 0.480 e. The summed E-state index contributed by atoms with van der Waals surface area (Å²) in [6, 6.07) is 2.78. The van der Waals surface area contributed by atoms with Crippen molar-refractivity contribution in [1.29, 1.82) is 0 Å². The maximum absolute atomic E-state index is 12.0. The van der Waals surface area contributed by atoms with Gasteiger partial charge in [-0.25, -0.2) is 4.79 Å². The second kappa shape index (κ2) is 9.30. The quantitative estimate of drug-likeness (QED) is 0.559. The standard InChI is InChI=1S/C16H17Cl3N2O5/c17-10-5-12(19)13(6-11(10)18)25-8-15(23)26-7-14(22)21-3-1-9(2-4-21)16(20)24/h5-6,9H,1-4,7-8H2,(H2,20,24). The van der Waals surface area contributed by atoms with Gasteiger partial charge in [-0.05, 0) is 18.9 Å². The topological polar surface area (TPSA) is 98.9 Å². The number of amides is 2. The van der Waals surface area contributed by atoms with Crippen molar-refractivity contribution in [2.75, 3.05) is 26.3 Å². The van der Waals surface area contributed by atoms with Crippen molar-refractivity contribution in [2.45, 2.75) is 12.8 Å². The summed E-state index contributed by atoms with van der Waals surface area (Å²) in [6.45, 7) is -0.0357. The number of ether oxygens (including phenoxy) is 2. The minimum absolute atomic E-state index is 0.179. The Bertz CT molecular complexity index is 705. The highest BCUT2D eigenvalue weighted by Gasteiger charge is 2.26. The lowest BCUT2D eigenvalue weighted by atomic mass is 9.96. The molecular weight excluding hydrogens is 407 g/mol. The molecule has 1 aliphatic rings. The fraction of sp³-hybridized carbons (Fsp3) is 0.438. The van der Waals surface area contributed by atoms with Crippen LogP contribution in [0.1, 0.15) is 12.8 Å². The van der Waals surface area contributed by atoms with Crippen LogP contribution in [0.15, 0.2) is 12.1 Å². The third-order valence-corrected chi connectivity index (χ3v) is 4.94. The molecule has 1 aliphatic heterocycles. The predicted octanol–water partition coefficient (Wildman–Crippen LogP) is 2.29. The molecule has 2 amide bonds. The molecule has 0 aromatic heterocycles. The molecule has 0 atom stereocenters. The number of primary amides is 1. The first kappa shape index (κ1) is 20.6. The number of nitrogens with two attached hydrogens (primary N) is 1. The Balaban J connectivity index is 1.74. The Hall–Kier alpha value is -1.70. The molecule has 0 radical (unpaired) electrons. The molecule has 0 unspecified atom stereocenters. The Labute approximate surface area is 165 Å². The highest BCUT2D eigenvalue weighted by Crippen LogP contribution is 2.33. The van der Waals surface area contributed by atoms with Crippen LogP contribution in [0.5, 0.6) is 5.75 Å². The number of nitrogens with zero attached hydrogens (tertiary/aromatic N) is 1. The number of hydrogen-bond acceptors (Lipinski definition) is 5. The number of hydrogen-bond donors (Lipinski definition) is 1.